The van der Waals surface area contributed by atoms with Crippen molar-refractivity contribution in [3.05, 3.63) is 46.9 Å². The Hall–Kier alpha value is -3.93. The molecule has 10 nitrogen and oxygen atoms in total. The lowest BCUT2D eigenvalue weighted by Crippen LogP contribution is -2.56. The maximum Gasteiger partial charge on any atom is 0.318 e. The zero-order valence-electron chi connectivity index (χ0n) is 26.2. The number of phenols is 1. The number of hydrogen-bond acceptors (Lipinski definition) is 8. The van der Waals surface area contributed by atoms with E-state index in [1.165, 1.54) is 6.07 Å². The van der Waals surface area contributed by atoms with Crippen molar-refractivity contribution in [1.82, 2.24) is 25.5 Å². The van der Waals surface area contributed by atoms with Crippen molar-refractivity contribution in [1.29, 1.82) is 0 Å². The molecule has 12 heteroatoms. The number of hydrogen-bond donors (Lipinski definition) is 3. The van der Waals surface area contributed by atoms with Crippen LogP contribution in [0.15, 0.2) is 24.3 Å². The molecule has 0 bridgehead atoms. The monoisotopic (exact) mass is 633 g/mol. The van der Waals surface area contributed by atoms with Crippen LogP contribution in [0.2, 0.25) is 0 Å². The summed E-state index contributed by atoms with van der Waals surface area (Å²) < 4.78 is 36.0. The van der Waals surface area contributed by atoms with Gasteiger partial charge in [0.25, 0.3) is 0 Å². The molecule has 1 aromatic heterocycles. The van der Waals surface area contributed by atoms with E-state index in [0.717, 1.165) is 72.3 Å². The molecular weight excluding hydrogens is 592 g/mol. The number of aromatic nitrogens is 2. The summed E-state index contributed by atoms with van der Waals surface area (Å²) in [5.74, 6) is 0.690. The minimum Gasteiger partial charge on any atom is -0.508 e. The first-order valence-electron chi connectivity index (χ1n) is 16.7. The smallest absolute Gasteiger partial charge is 0.318 e. The number of phenolic OH excluding ortho intramolecular Hbond substituents is 1. The van der Waals surface area contributed by atoms with E-state index < -0.39 is 6.17 Å². The number of amides is 2. The molecule has 4 fully saturated rings. The van der Waals surface area contributed by atoms with Gasteiger partial charge in [0.15, 0.2) is 0 Å². The molecule has 1 unspecified atom stereocenters. The molecule has 0 aliphatic carbocycles. The number of halogens is 2. The second-order valence-electron chi connectivity index (χ2n) is 13.8. The summed E-state index contributed by atoms with van der Waals surface area (Å²) in [4.78, 5) is 28.8. The topological polar surface area (TPSA) is 106 Å². The maximum atomic E-state index is 15.0. The minimum atomic E-state index is -0.854. The molecule has 1 spiro atoms. The number of alkyl halides is 1. The molecule has 2 aromatic carbocycles. The van der Waals surface area contributed by atoms with Crippen LogP contribution in [-0.4, -0.2) is 89.1 Å². The molecule has 3 aromatic rings. The number of rotatable bonds is 6. The maximum absolute atomic E-state index is 15.0. The fraction of sp³-hybridized carbons (Fsp3) is 0.559. The zero-order valence-corrected chi connectivity index (χ0v) is 26.2. The first-order chi connectivity index (χ1) is 22.2. The molecule has 0 radical (unpaired) electrons. The van der Waals surface area contributed by atoms with E-state index in [-0.39, 0.29) is 34.7 Å². The number of benzene rings is 2. The van der Waals surface area contributed by atoms with Gasteiger partial charge in [-0.25, -0.2) is 13.6 Å². The number of nitrogens with zero attached hydrogens (tertiary/aromatic N) is 5. The third-order valence-corrected chi connectivity index (χ3v) is 10.9. The number of anilines is 2. The van der Waals surface area contributed by atoms with Gasteiger partial charge in [0.1, 0.15) is 30.2 Å². The Bertz CT molecular complexity index is 1710. The lowest BCUT2D eigenvalue weighted by molar-refractivity contribution is 0.107. The minimum absolute atomic E-state index is 0.128. The quantitative estimate of drug-likeness (QED) is 0.371. The number of aromatic hydroxyl groups is 1. The highest BCUT2D eigenvalue weighted by molar-refractivity contribution is 5.98. The van der Waals surface area contributed by atoms with Crippen LogP contribution < -0.4 is 25.2 Å². The normalized spacial score (nSPS) is 27.6. The number of ether oxygens (including phenoxy) is 1. The summed E-state index contributed by atoms with van der Waals surface area (Å²) >= 11 is 0. The van der Waals surface area contributed by atoms with Gasteiger partial charge in [-0.3, -0.25) is 4.90 Å². The summed E-state index contributed by atoms with van der Waals surface area (Å²) in [5, 5.41) is 18.4. The lowest BCUT2D eigenvalue weighted by atomic mass is 9.89. The third-order valence-electron chi connectivity index (χ3n) is 10.9. The first-order valence-corrected chi connectivity index (χ1v) is 16.7. The number of carbonyl (C=O) groups excluding carboxylic acids is 1. The van der Waals surface area contributed by atoms with Crippen LogP contribution in [0.1, 0.15) is 55.8 Å². The van der Waals surface area contributed by atoms with Crippen LogP contribution in [0.4, 0.5) is 25.1 Å². The fourth-order valence-corrected chi connectivity index (χ4v) is 8.78. The Morgan fingerprint density at radius 3 is 2.83 bits per heavy atom. The highest BCUT2D eigenvalue weighted by Gasteiger charge is 2.49. The largest absolute Gasteiger partial charge is 0.508 e. The average molecular weight is 634 g/mol. The summed E-state index contributed by atoms with van der Waals surface area (Å²) in [7, 11) is 0. The van der Waals surface area contributed by atoms with E-state index in [0.29, 0.717) is 64.2 Å². The highest BCUT2D eigenvalue weighted by Crippen LogP contribution is 2.42. The molecule has 6 heterocycles. The van der Waals surface area contributed by atoms with Gasteiger partial charge in [-0.1, -0.05) is 13.0 Å². The van der Waals surface area contributed by atoms with Gasteiger partial charge in [-0.15, -0.1) is 0 Å². The Balaban J connectivity index is 1.17. The van der Waals surface area contributed by atoms with E-state index >= 15 is 4.39 Å². The van der Waals surface area contributed by atoms with Gasteiger partial charge >= 0.3 is 12.0 Å². The molecule has 3 N–H and O–H groups in total. The fourth-order valence-electron chi connectivity index (χ4n) is 8.78. The number of fused-ring (bicyclic) bond motifs is 3. The van der Waals surface area contributed by atoms with Crippen molar-refractivity contribution in [3.63, 3.8) is 0 Å². The van der Waals surface area contributed by atoms with Gasteiger partial charge < -0.3 is 30.3 Å². The van der Waals surface area contributed by atoms with Crippen LogP contribution in [0.25, 0.3) is 10.8 Å². The summed E-state index contributed by atoms with van der Waals surface area (Å²) in [6, 6.07) is 6.71. The molecule has 2 amide bonds. The second kappa shape index (κ2) is 11.1. The number of carbonyl (C=O) groups is 1. The van der Waals surface area contributed by atoms with Crippen LogP contribution in [-0.2, 0) is 19.4 Å². The van der Waals surface area contributed by atoms with Crippen LogP contribution in [0.3, 0.4) is 0 Å². The molecular formula is C34H41F2N7O3. The molecule has 5 aliphatic heterocycles. The van der Waals surface area contributed by atoms with Crippen molar-refractivity contribution in [2.75, 3.05) is 55.7 Å². The van der Waals surface area contributed by atoms with Crippen molar-refractivity contribution in [2.24, 2.45) is 0 Å². The SMILES string of the molecule is CCc1c(F)ccc2cc(O)cc(N3CCc4c(nc(OC[C@@]56CCCN5C[C@H](F)C6)nc4N4CCCC5(CNC(=O)N5)C4)C3)c12. The van der Waals surface area contributed by atoms with Crippen LogP contribution in [0, 0.1) is 5.82 Å². The van der Waals surface area contributed by atoms with Gasteiger partial charge in [-0.05, 0) is 68.2 Å². The average Bonchev–Trinajstić information content (AvgIpc) is 3.70. The van der Waals surface area contributed by atoms with E-state index in [4.69, 9.17) is 14.7 Å². The van der Waals surface area contributed by atoms with Crippen molar-refractivity contribution in [2.45, 2.75) is 75.7 Å². The second-order valence-corrected chi connectivity index (χ2v) is 13.8. The van der Waals surface area contributed by atoms with E-state index in [9.17, 15) is 14.3 Å². The Morgan fingerprint density at radius 2 is 2.00 bits per heavy atom. The van der Waals surface area contributed by atoms with Gasteiger partial charge in [0.05, 0.1) is 23.3 Å². The van der Waals surface area contributed by atoms with Gasteiger partial charge in [0.2, 0.25) is 0 Å². The van der Waals surface area contributed by atoms with Crippen molar-refractivity contribution in [3.8, 4) is 11.8 Å². The molecule has 3 atom stereocenters. The molecule has 46 heavy (non-hydrogen) atoms. The van der Waals surface area contributed by atoms with Crippen LogP contribution in [0.5, 0.6) is 11.8 Å². The zero-order chi connectivity index (χ0) is 31.6. The number of aryl methyl sites for hydroxylation is 1. The van der Waals surface area contributed by atoms with Gasteiger partial charge in [0, 0.05) is 61.8 Å². The van der Waals surface area contributed by atoms with Crippen molar-refractivity contribution < 1.29 is 23.4 Å². The predicted octanol–water partition coefficient (Wildman–Crippen LogP) is 4.21. The number of urea groups is 1. The summed E-state index contributed by atoms with van der Waals surface area (Å²) in [6.07, 6.45) is 4.48. The third kappa shape index (κ3) is 4.96. The van der Waals surface area contributed by atoms with Crippen LogP contribution >= 0.6 is 0 Å². The lowest BCUT2D eigenvalue weighted by Gasteiger charge is -2.41. The number of nitrogens with one attached hydrogen (secondary N) is 2. The molecule has 8 rings (SSSR count). The first kappa shape index (κ1) is 29.5. The van der Waals surface area contributed by atoms with E-state index in [1.54, 1.807) is 18.2 Å². The summed E-state index contributed by atoms with van der Waals surface area (Å²) in [5.41, 5.74) is 2.56. The Morgan fingerprint density at radius 1 is 1.13 bits per heavy atom. The molecule has 244 valence electrons. The predicted molar refractivity (Wildman–Crippen MR) is 171 cm³/mol. The molecule has 5 aliphatic rings. The molecule has 0 saturated carbocycles. The number of piperidine rings is 1. The van der Waals surface area contributed by atoms with E-state index in [1.807, 2.05) is 6.92 Å². The standard InChI is InChI=1S/C34H41F2N7O3/c1-2-24-26(36)6-5-21-13-23(44)14-28(29(21)24)41-12-7-25-27(17-41)38-32(46-20-34-9-4-11-43(34)16-22(35)15-34)39-30(25)42-10-3-8-33(19-42)18-37-31(45)40-33/h5-6,13-14,22,44H,2-4,7-12,15-20H2,1H3,(H2,37,40,45)/t22-,33?,34+/m1/s1. The molecule has 4 saturated heterocycles. The van der Waals surface area contributed by atoms with Crippen molar-refractivity contribution >= 4 is 28.3 Å². The van der Waals surface area contributed by atoms with Gasteiger partial charge in [-0.2, -0.15) is 9.97 Å². The Labute approximate surface area is 267 Å². The van der Waals surface area contributed by atoms with E-state index in [2.05, 4.69) is 25.3 Å². The highest BCUT2D eigenvalue weighted by atomic mass is 19.1. The Kier molecular flexibility index (Phi) is 7.11. The summed E-state index contributed by atoms with van der Waals surface area (Å²) in [6.45, 7) is 6.64.